The van der Waals surface area contributed by atoms with Gasteiger partial charge in [0, 0.05) is 25.2 Å². The molecule has 2 fully saturated rings. The zero-order chi connectivity index (χ0) is 18.9. The van der Waals surface area contributed by atoms with E-state index in [2.05, 4.69) is 4.72 Å². The summed E-state index contributed by atoms with van der Waals surface area (Å²) < 4.78 is 55.5. The fraction of sp³-hybridized carbons (Fsp3) is 0.571. The predicted molar refractivity (Wildman–Crippen MR) is 93.5 cm³/mol. The summed E-state index contributed by atoms with van der Waals surface area (Å²) in [5.41, 5.74) is 0.0227. The maximum absolute atomic E-state index is 12.5. The first-order chi connectivity index (χ1) is 12.2. The average molecular weight is 405 g/mol. The van der Waals surface area contributed by atoms with Crippen molar-refractivity contribution in [2.24, 2.45) is 0 Å². The van der Waals surface area contributed by atoms with Crippen LogP contribution in [-0.2, 0) is 24.6 Å². The van der Waals surface area contributed by atoms with Gasteiger partial charge in [0.05, 0.1) is 34.5 Å². The van der Waals surface area contributed by atoms with E-state index in [4.69, 9.17) is 4.74 Å². The molecule has 0 amide bonds. The molecule has 1 aromatic rings. The molecule has 1 unspecified atom stereocenters. The summed E-state index contributed by atoms with van der Waals surface area (Å²) in [7, 11) is -7.31. The Morgan fingerprint density at radius 3 is 2.54 bits per heavy atom. The van der Waals surface area contributed by atoms with Gasteiger partial charge < -0.3 is 9.64 Å². The van der Waals surface area contributed by atoms with Crippen LogP contribution < -0.4 is 9.62 Å². The lowest BCUT2D eigenvalue weighted by Crippen LogP contribution is -2.37. The number of hydrogen-bond donors (Lipinski definition) is 1. The Hall–Kier alpha value is -1.76. The molecule has 2 aliphatic heterocycles. The molecule has 2 saturated heterocycles. The fourth-order valence-electron chi connectivity index (χ4n) is 3.06. The van der Waals surface area contributed by atoms with E-state index in [1.54, 1.807) is 4.90 Å². The molecular weight excluding hydrogens is 386 g/mol. The third kappa shape index (κ3) is 4.14. The third-order valence-electron chi connectivity index (χ3n) is 4.36. The first-order valence-electron chi connectivity index (χ1n) is 8.02. The summed E-state index contributed by atoms with van der Waals surface area (Å²) in [4.78, 5) is 12.3. The maximum Gasteiger partial charge on any atom is 0.293 e. The second-order valence-electron chi connectivity index (χ2n) is 6.23. The zero-order valence-electron chi connectivity index (χ0n) is 13.8. The molecule has 0 aromatic heterocycles. The highest BCUT2D eigenvalue weighted by atomic mass is 32.2. The largest absolute Gasteiger partial charge is 0.378 e. The van der Waals surface area contributed by atoms with Crippen LogP contribution in [-0.4, -0.2) is 65.6 Å². The van der Waals surface area contributed by atoms with E-state index in [-0.39, 0.29) is 28.5 Å². The quantitative estimate of drug-likeness (QED) is 0.530. The van der Waals surface area contributed by atoms with Crippen LogP contribution >= 0.6 is 0 Å². The lowest BCUT2D eigenvalue weighted by molar-refractivity contribution is -0.384. The molecule has 1 aromatic carbocycles. The van der Waals surface area contributed by atoms with Crippen LogP contribution in [0.2, 0.25) is 0 Å². The number of sulfone groups is 1. The van der Waals surface area contributed by atoms with Gasteiger partial charge in [-0.25, -0.2) is 21.6 Å². The summed E-state index contributed by atoms with van der Waals surface area (Å²) in [6.45, 7) is 1.83. The average Bonchev–Trinajstić information content (AvgIpc) is 2.93. The smallest absolute Gasteiger partial charge is 0.293 e. The number of nitro benzene ring substituents is 1. The number of rotatable bonds is 5. The van der Waals surface area contributed by atoms with E-state index in [1.807, 2.05) is 0 Å². The van der Waals surface area contributed by atoms with Crippen molar-refractivity contribution in [1.29, 1.82) is 0 Å². The fourth-order valence-corrected chi connectivity index (χ4v) is 6.13. The van der Waals surface area contributed by atoms with Gasteiger partial charge >= 0.3 is 0 Å². The third-order valence-corrected chi connectivity index (χ3v) is 7.65. The normalized spacial score (nSPS) is 23.1. The second kappa shape index (κ2) is 7.10. The lowest BCUT2D eigenvalue weighted by atomic mass is 10.2. The topological polar surface area (TPSA) is 136 Å². The first kappa shape index (κ1) is 19.0. The maximum atomic E-state index is 12.5. The highest BCUT2D eigenvalue weighted by Gasteiger charge is 2.32. The minimum absolute atomic E-state index is 0.0731. The van der Waals surface area contributed by atoms with Crippen molar-refractivity contribution in [2.45, 2.75) is 17.4 Å². The molecule has 1 atom stereocenters. The monoisotopic (exact) mass is 405 g/mol. The molecule has 1 N–H and O–H groups in total. The molecule has 2 heterocycles. The molecule has 0 saturated carbocycles. The Balaban J connectivity index is 1.87. The highest BCUT2D eigenvalue weighted by Crippen LogP contribution is 2.31. The molecular formula is C14H19N3O7S2. The summed E-state index contributed by atoms with van der Waals surface area (Å²) in [5, 5.41) is 11.4. The first-order valence-corrected chi connectivity index (χ1v) is 11.3. The van der Waals surface area contributed by atoms with Crippen LogP contribution in [0.3, 0.4) is 0 Å². The highest BCUT2D eigenvalue weighted by molar-refractivity contribution is 7.92. The van der Waals surface area contributed by atoms with Gasteiger partial charge in [-0.15, -0.1) is 0 Å². The van der Waals surface area contributed by atoms with E-state index in [1.165, 1.54) is 12.1 Å². The Morgan fingerprint density at radius 1 is 1.27 bits per heavy atom. The van der Waals surface area contributed by atoms with Gasteiger partial charge in [0.15, 0.2) is 9.84 Å². The van der Waals surface area contributed by atoms with E-state index in [9.17, 15) is 26.9 Å². The minimum atomic E-state index is -4.06. The standard InChI is InChI=1S/C14H19N3O7S2/c18-17(19)14-9-12(1-2-13(14)16-4-6-24-7-5-16)26(22,23)15-11-3-8-25(20,21)10-11/h1-2,9,11,15H,3-8,10H2. The summed E-state index contributed by atoms with van der Waals surface area (Å²) >= 11 is 0. The zero-order valence-corrected chi connectivity index (χ0v) is 15.5. The van der Waals surface area contributed by atoms with E-state index < -0.39 is 30.8 Å². The van der Waals surface area contributed by atoms with Crippen LogP contribution in [0.4, 0.5) is 11.4 Å². The van der Waals surface area contributed by atoms with E-state index >= 15 is 0 Å². The molecule has 0 spiro atoms. The number of anilines is 1. The van der Waals surface area contributed by atoms with E-state index in [0.29, 0.717) is 32.0 Å². The summed E-state index contributed by atoms with van der Waals surface area (Å²) in [6, 6.07) is 2.99. The predicted octanol–water partition coefficient (Wildman–Crippen LogP) is -0.103. The second-order valence-corrected chi connectivity index (χ2v) is 10.2. The summed E-state index contributed by atoms with van der Waals surface area (Å²) in [5.74, 6) is -0.337. The summed E-state index contributed by atoms with van der Waals surface area (Å²) in [6.07, 6.45) is 0.190. The van der Waals surface area contributed by atoms with Crippen LogP contribution in [0.5, 0.6) is 0 Å². The molecule has 144 valence electrons. The number of ether oxygens (including phenoxy) is 1. The Bertz CT molecular complexity index is 908. The Morgan fingerprint density at radius 2 is 1.96 bits per heavy atom. The van der Waals surface area contributed by atoms with Crippen LogP contribution in [0.25, 0.3) is 0 Å². The van der Waals surface area contributed by atoms with Crippen LogP contribution in [0.15, 0.2) is 23.1 Å². The van der Waals surface area contributed by atoms with Gasteiger partial charge in [0.2, 0.25) is 10.0 Å². The SMILES string of the molecule is O=[N+]([O-])c1cc(S(=O)(=O)NC2CCS(=O)(=O)C2)ccc1N1CCOCC1. The molecule has 10 nitrogen and oxygen atoms in total. The lowest BCUT2D eigenvalue weighted by Gasteiger charge is -2.28. The number of hydrogen-bond acceptors (Lipinski definition) is 8. The van der Waals surface area contributed by atoms with Gasteiger partial charge in [-0.3, -0.25) is 10.1 Å². The van der Waals surface area contributed by atoms with Crippen LogP contribution in [0.1, 0.15) is 6.42 Å². The van der Waals surface area contributed by atoms with Crippen molar-refractivity contribution in [3.63, 3.8) is 0 Å². The van der Waals surface area contributed by atoms with Crippen molar-refractivity contribution in [3.05, 3.63) is 28.3 Å². The number of morpholine rings is 1. The minimum Gasteiger partial charge on any atom is -0.378 e. The number of nitro groups is 1. The van der Waals surface area contributed by atoms with Crippen molar-refractivity contribution in [2.75, 3.05) is 42.7 Å². The molecule has 3 rings (SSSR count). The van der Waals surface area contributed by atoms with Gasteiger partial charge in [-0.05, 0) is 18.6 Å². The van der Waals surface area contributed by atoms with Crippen LogP contribution in [0, 0.1) is 10.1 Å². The van der Waals surface area contributed by atoms with Crippen molar-refractivity contribution in [1.82, 2.24) is 4.72 Å². The van der Waals surface area contributed by atoms with Gasteiger partial charge in [0.25, 0.3) is 5.69 Å². The molecule has 12 heteroatoms. The number of sulfonamides is 1. The van der Waals surface area contributed by atoms with Gasteiger partial charge in [-0.1, -0.05) is 0 Å². The number of nitrogens with zero attached hydrogens (tertiary/aromatic N) is 2. The van der Waals surface area contributed by atoms with Crippen molar-refractivity contribution < 1.29 is 26.5 Å². The molecule has 0 radical (unpaired) electrons. The van der Waals surface area contributed by atoms with E-state index in [0.717, 1.165) is 6.07 Å². The molecule has 0 aliphatic carbocycles. The van der Waals surface area contributed by atoms with Gasteiger partial charge in [-0.2, -0.15) is 0 Å². The Labute approximate surface area is 151 Å². The van der Waals surface area contributed by atoms with Gasteiger partial charge in [0.1, 0.15) is 5.69 Å². The Kier molecular flexibility index (Phi) is 5.19. The molecule has 26 heavy (non-hydrogen) atoms. The number of nitrogens with one attached hydrogen (secondary N) is 1. The van der Waals surface area contributed by atoms with Crippen molar-refractivity contribution in [3.8, 4) is 0 Å². The molecule has 2 aliphatic rings. The number of benzene rings is 1. The van der Waals surface area contributed by atoms with Crippen molar-refractivity contribution >= 4 is 31.2 Å². The molecule has 0 bridgehead atoms.